The molecule has 2 nitrogen and oxygen atoms in total. The van der Waals surface area contributed by atoms with E-state index < -0.39 is 5.82 Å². The van der Waals surface area contributed by atoms with Crippen LogP contribution >= 0.6 is 0 Å². The molecular formula is C13H19F2NO. The maximum atomic E-state index is 13.4. The minimum absolute atomic E-state index is 0.0197. The van der Waals surface area contributed by atoms with Gasteiger partial charge in [0.25, 0.3) is 0 Å². The zero-order valence-electron chi connectivity index (χ0n) is 10.5. The monoisotopic (exact) mass is 243 g/mol. The average molecular weight is 243 g/mol. The maximum Gasteiger partial charge on any atom is 0.126 e. The molecule has 0 aliphatic carbocycles. The standard InChI is InChI=1S/C13H19F2NO/c1-9(2)17-8-12(16-3)7-10-6-11(14)4-5-13(10)15/h4-6,9,12,16H,7-8H2,1-3H3. The second kappa shape index (κ2) is 6.67. The fourth-order valence-corrected chi connectivity index (χ4v) is 1.52. The molecule has 17 heavy (non-hydrogen) atoms. The Hall–Kier alpha value is -1.00. The smallest absolute Gasteiger partial charge is 0.126 e. The van der Waals surface area contributed by atoms with Crippen LogP contribution in [0.2, 0.25) is 0 Å². The van der Waals surface area contributed by atoms with Gasteiger partial charge in [0.1, 0.15) is 11.6 Å². The van der Waals surface area contributed by atoms with Crippen molar-refractivity contribution in [2.24, 2.45) is 0 Å². The summed E-state index contributed by atoms with van der Waals surface area (Å²) in [7, 11) is 1.78. The van der Waals surface area contributed by atoms with Gasteiger partial charge in [-0.15, -0.1) is 0 Å². The van der Waals surface area contributed by atoms with Gasteiger partial charge in [-0.25, -0.2) is 8.78 Å². The van der Waals surface area contributed by atoms with Crippen LogP contribution in [-0.4, -0.2) is 25.8 Å². The van der Waals surface area contributed by atoms with E-state index in [2.05, 4.69) is 5.32 Å². The van der Waals surface area contributed by atoms with Gasteiger partial charge in [-0.1, -0.05) is 0 Å². The van der Waals surface area contributed by atoms with E-state index in [1.807, 2.05) is 13.8 Å². The van der Waals surface area contributed by atoms with Gasteiger partial charge in [-0.2, -0.15) is 0 Å². The normalized spacial score (nSPS) is 13.1. The summed E-state index contributed by atoms with van der Waals surface area (Å²) in [6.07, 6.45) is 0.538. The quantitative estimate of drug-likeness (QED) is 0.829. The van der Waals surface area contributed by atoms with Crippen LogP contribution in [0.4, 0.5) is 8.78 Å². The number of halogens is 2. The maximum absolute atomic E-state index is 13.4. The van der Waals surface area contributed by atoms with Crippen molar-refractivity contribution in [3.63, 3.8) is 0 Å². The van der Waals surface area contributed by atoms with E-state index in [-0.39, 0.29) is 18.0 Å². The Kier molecular flexibility index (Phi) is 5.51. The van der Waals surface area contributed by atoms with Crippen molar-refractivity contribution in [2.75, 3.05) is 13.7 Å². The van der Waals surface area contributed by atoms with Crippen LogP contribution in [0.1, 0.15) is 19.4 Å². The van der Waals surface area contributed by atoms with E-state index in [0.29, 0.717) is 18.6 Å². The molecule has 0 heterocycles. The second-order valence-corrected chi connectivity index (χ2v) is 4.31. The van der Waals surface area contributed by atoms with E-state index in [0.717, 1.165) is 12.1 Å². The van der Waals surface area contributed by atoms with E-state index in [9.17, 15) is 8.78 Å². The van der Waals surface area contributed by atoms with Crippen molar-refractivity contribution in [1.82, 2.24) is 5.32 Å². The highest BCUT2D eigenvalue weighted by Gasteiger charge is 2.12. The highest BCUT2D eigenvalue weighted by molar-refractivity contribution is 5.19. The van der Waals surface area contributed by atoms with Gasteiger partial charge in [0, 0.05) is 6.04 Å². The fourth-order valence-electron chi connectivity index (χ4n) is 1.52. The molecule has 1 unspecified atom stereocenters. The first-order chi connectivity index (χ1) is 8.02. The zero-order valence-corrected chi connectivity index (χ0v) is 10.5. The number of benzene rings is 1. The predicted molar refractivity (Wildman–Crippen MR) is 64.0 cm³/mol. The van der Waals surface area contributed by atoms with Crippen molar-refractivity contribution < 1.29 is 13.5 Å². The summed E-state index contributed by atoms with van der Waals surface area (Å²) in [6, 6.07) is 3.49. The molecule has 0 aliphatic rings. The number of hydrogen-bond donors (Lipinski definition) is 1. The van der Waals surface area contributed by atoms with Gasteiger partial charge in [-0.3, -0.25) is 0 Å². The van der Waals surface area contributed by atoms with Crippen LogP contribution in [-0.2, 0) is 11.2 Å². The summed E-state index contributed by atoms with van der Waals surface area (Å²) in [5, 5.41) is 3.04. The minimum Gasteiger partial charge on any atom is -0.377 e. The molecule has 0 aromatic heterocycles. The molecule has 0 amide bonds. The number of ether oxygens (including phenoxy) is 1. The zero-order chi connectivity index (χ0) is 12.8. The van der Waals surface area contributed by atoms with Gasteiger partial charge < -0.3 is 10.1 Å². The Morgan fingerprint density at radius 1 is 1.29 bits per heavy atom. The van der Waals surface area contributed by atoms with E-state index in [1.165, 1.54) is 6.07 Å². The van der Waals surface area contributed by atoms with Gasteiger partial charge in [0.15, 0.2) is 0 Å². The Bertz CT molecular complexity index is 355. The highest BCUT2D eigenvalue weighted by Crippen LogP contribution is 2.12. The van der Waals surface area contributed by atoms with E-state index >= 15 is 0 Å². The van der Waals surface area contributed by atoms with Gasteiger partial charge in [0.2, 0.25) is 0 Å². The molecule has 0 bridgehead atoms. The lowest BCUT2D eigenvalue weighted by molar-refractivity contribution is 0.0626. The second-order valence-electron chi connectivity index (χ2n) is 4.31. The van der Waals surface area contributed by atoms with Gasteiger partial charge in [0.05, 0.1) is 12.7 Å². The Balaban J connectivity index is 2.63. The van der Waals surface area contributed by atoms with E-state index in [4.69, 9.17) is 4.74 Å². The molecule has 1 N–H and O–H groups in total. The SMILES string of the molecule is CNC(COC(C)C)Cc1cc(F)ccc1F. The average Bonchev–Trinajstić information content (AvgIpc) is 2.28. The molecule has 1 atom stereocenters. The molecule has 96 valence electrons. The summed E-state index contributed by atoms with van der Waals surface area (Å²) in [5.41, 5.74) is 0.372. The molecule has 1 aromatic rings. The Labute approximate surface area is 101 Å². The topological polar surface area (TPSA) is 21.3 Å². The summed E-state index contributed by atoms with van der Waals surface area (Å²) in [6.45, 7) is 4.36. The third-order valence-electron chi connectivity index (χ3n) is 2.51. The third-order valence-corrected chi connectivity index (χ3v) is 2.51. The van der Waals surface area contributed by atoms with Crippen molar-refractivity contribution in [3.05, 3.63) is 35.4 Å². The summed E-state index contributed by atoms with van der Waals surface area (Å²) >= 11 is 0. The molecule has 0 radical (unpaired) electrons. The largest absolute Gasteiger partial charge is 0.377 e. The summed E-state index contributed by atoms with van der Waals surface area (Å²) in [5.74, 6) is -0.794. The summed E-state index contributed by atoms with van der Waals surface area (Å²) in [4.78, 5) is 0. The lowest BCUT2D eigenvalue weighted by atomic mass is 10.1. The van der Waals surface area contributed by atoms with Crippen LogP contribution in [0.25, 0.3) is 0 Å². The Morgan fingerprint density at radius 3 is 2.59 bits per heavy atom. The van der Waals surface area contributed by atoms with Crippen LogP contribution in [0, 0.1) is 11.6 Å². The van der Waals surface area contributed by atoms with Crippen LogP contribution in [0.3, 0.4) is 0 Å². The fraction of sp³-hybridized carbons (Fsp3) is 0.538. The Morgan fingerprint density at radius 2 is 2.00 bits per heavy atom. The summed E-state index contributed by atoms with van der Waals surface area (Å²) < 4.78 is 31.9. The molecule has 1 aromatic carbocycles. The number of likely N-dealkylation sites (N-methyl/N-ethyl adjacent to an activating group) is 1. The van der Waals surface area contributed by atoms with Crippen molar-refractivity contribution >= 4 is 0 Å². The molecule has 1 rings (SSSR count). The molecular weight excluding hydrogens is 224 g/mol. The van der Waals surface area contributed by atoms with Crippen molar-refractivity contribution in [2.45, 2.75) is 32.4 Å². The molecule has 0 aliphatic heterocycles. The molecule has 0 fully saturated rings. The number of hydrogen-bond acceptors (Lipinski definition) is 2. The minimum atomic E-state index is -0.416. The molecule has 4 heteroatoms. The van der Waals surface area contributed by atoms with E-state index in [1.54, 1.807) is 7.05 Å². The van der Waals surface area contributed by atoms with Crippen molar-refractivity contribution in [3.8, 4) is 0 Å². The number of rotatable bonds is 6. The van der Waals surface area contributed by atoms with Gasteiger partial charge >= 0.3 is 0 Å². The first-order valence-corrected chi connectivity index (χ1v) is 5.75. The van der Waals surface area contributed by atoms with Crippen LogP contribution in [0.5, 0.6) is 0 Å². The first-order valence-electron chi connectivity index (χ1n) is 5.75. The number of nitrogens with one attached hydrogen (secondary N) is 1. The van der Waals surface area contributed by atoms with Gasteiger partial charge in [-0.05, 0) is 51.1 Å². The van der Waals surface area contributed by atoms with Crippen LogP contribution < -0.4 is 5.32 Å². The third kappa shape index (κ3) is 4.79. The first kappa shape index (κ1) is 14.1. The lowest BCUT2D eigenvalue weighted by Crippen LogP contribution is -2.33. The van der Waals surface area contributed by atoms with Crippen molar-refractivity contribution in [1.29, 1.82) is 0 Å². The molecule has 0 saturated carbocycles. The predicted octanol–water partition coefficient (Wildman–Crippen LogP) is 2.52. The van der Waals surface area contributed by atoms with Crippen LogP contribution in [0.15, 0.2) is 18.2 Å². The lowest BCUT2D eigenvalue weighted by Gasteiger charge is -2.18. The highest BCUT2D eigenvalue weighted by atomic mass is 19.1. The molecule has 0 spiro atoms. The molecule has 0 saturated heterocycles.